The average Bonchev–Trinajstić information content (AvgIpc) is 2.71. The molecule has 0 spiro atoms. The van der Waals surface area contributed by atoms with Crippen LogP contribution in [0.2, 0.25) is 0 Å². The van der Waals surface area contributed by atoms with Gasteiger partial charge in [-0.2, -0.15) is 0 Å². The Morgan fingerprint density at radius 3 is 2.75 bits per heavy atom. The van der Waals surface area contributed by atoms with Crippen molar-refractivity contribution in [2.75, 3.05) is 32.9 Å². The van der Waals surface area contributed by atoms with Crippen LogP contribution in [0.1, 0.15) is 42.9 Å². The van der Waals surface area contributed by atoms with E-state index in [0.29, 0.717) is 25.0 Å². The van der Waals surface area contributed by atoms with E-state index >= 15 is 0 Å². The summed E-state index contributed by atoms with van der Waals surface area (Å²) in [5, 5.41) is 0. The van der Waals surface area contributed by atoms with Crippen LogP contribution in [0.15, 0.2) is 24.3 Å². The second-order valence-corrected chi connectivity index (χ2v) is 7.81. The maximum Gasteiger partial charge on any atom is 0.257 e. The number of nitrogens with zero attached hydrogens (tertiary/aromatic N) is 3. The van der Waals surface area contributed by atoms with Crippen molar-refractivity contribution in [3.8, 4) is 17.4 Å². The lowest BCUT2D eigenvalue weighted by atomic mass is 9.97. The normalized spacial score (nSPS) is 20.6. The van der Waals surface area contributed by atoms with Gasteiger partial charge in [0.2, 0.25) is 0 Å². The highest BCUT2D eigenvalue weighted by Gasteiger charge is 2.26. The van der Waals surface area contributed by atoms with E-state index in [2.05, 4.69) is 22.9 Å². The molecule has 0 aliphatic carbocycles. The van der Waals surface area contributed by atoms with Gasteiger partial charge in [0.1, 0.15) is 19.0 Å². The highest BCUT2D eigenvalue weighted by Crippen LogP contribution is 2.32. The molecule has 6 nitrogen and oxygen atoms in total. The van der Waals surface area contributed by atoms with Crippen LogP contribution in [0.25, 0.3) is 0 Å². The van der Waals surface area contributed by atoms with E-state index in [1.807, 2.05) is 32.0 Å². The van der Waals surface area contributed by atoms with Gasteiger partial charge >= 0.3 is 0 Å². The predicted octanol–water partition coefficient (Wildman–Crippen LogP) is 3.72. The maximum atomic E-state index is 6.10. The number of fused-ring (bicyclic) bond motifs is 1. The van der Waals surface area contributed by atoms with Crippen LogP contribution in [0.4, 0.5) is 0 Å². The molecular weight excluding hydrogens is 354 g/mol. The van der Waals surface area contributed by atoms with Crippen molar-refractivity contribution in [3.63, 3.8) is 0 Å². The van der Waals surface area contributed by atoms with Gasteiger partial charge in [0, 0.05) is 42.0 Å². The van der Waals surface area contributed by atoms with Crippen LogP contribution in [-0.4, -0.2) is 47.8 Å². The zero-order chi connectivity index (χ0) is 19.5. The third kappa shape index (κ3) is 4.38. The zero-order valence-electron chi connectivity index (χ0n) is 17.0. The summed E-state index contributed by atoms with van der Waals surface area (Å²) in [5.74, 6) is 2.80. The van der Waals surface area contributed by atoms with E-state index in [1.165, 1.54) is 12.8 Å². The van der Waals surface area contributed by atoms with Crippen molar-refractivity contribution in [2.45, 2.75) is 39.7 Å². The Labute approximate surface area is 166 Å². The van der Waals surface area contributed by atoms with E-state index in [0.717, 1.165) is 48.3 Å². The minimum Gasteiger partial charge on any atom is -0.493 e. The fourth-order valence-electron chi connectivity index (χ4n) is 4.04. The second-order valence-electron chi connectivity index (χ2n) is 7.81. The topological polar surface area (TPSA) is 56.7 Å². The smallest absolute Gasteiger partial charge is 0.257 e. The molecule has 2 atom stereocenters. The van der Waals surface area contributed by atoms with E-state index in [9.17, 15) is 0 Å². The summed E-state index contributed by atoms with van der Waals surface area (Å²) < 4.78 is 17.3. The van der Waals surface area contributed by atoms with E-state index in [4.69, 9.17) is 19.2 Å². The van der Waals surface area contributed by atoms with Crippen LogP contribution in [0, 0.1) is 19.8 Å². The molecule has 2 aliphatic rings. The molecule has 2 aliphatic heterocycles. The lowest BCUT2D eigenvalue weighted by Crippen LogP contribution is -2.39. The summed E-state index contributed by atoms with van der Waals surface area (Å²) in [6, 6.07) is 8.29. The fourth-order valence-corrected chi connectivity index (χ4v) is 4.04. The van der Waals surface area contributed by atoms with Crippen molar-refractivity contribution in [3.05, 3.63) is 41.3 Å². The fraction of sp³-hybridized carbons (Fsp3) is 0.545. The Morgan fingerprint density at radius 1 is 1.14 bits per heavy atom. The molecule has 0 aromatic carbocycles. The van der Waals surface area contributed by atoms with Crippen LogP contribution < -0.4 is 14.2 Å². The number of likely N-dealkylation sites (tertiary alicyclic amines) is 1. The molecule has 0 bridgehead atoms. The van der Waals surface area contributed by atoms with Crippen molar-refractivity contribution < 1.29 is 14.2 Å². The van der Waals surface area contributed by atoms with Crippen LogP contribution >= 0.6 is 0 Å². The number of hydrogen-bond acceptors (Lipinski definition) is 6. The van der Waals surface area contributed by atoms with Gasteiger partial charge in [0.15, 0.2) is 5.75 Å². The summed E-state index contributed by atoms with van der Waals surface area (Å²) in [6.07, 6.45) is 2.37. The average molecular weight is 383 g/mol. The van der Waals surface area contributed by atoms with Gasteiger partial charge in [-0.05, 0) is 52.3 Å². The Balaban J connectivity index is 1.37. The van der Waals surface area contributed by atoms with Crippen LogP contribution in [-0.2, 0) is 0 Å². The third-order valence-corrected chi connectivity index (χ3v) is 5.49. The van der Waals surface area contributed by atoms with E-state index < -0.39 is 0 Å². The summed E-state index contributed by atoms with van der Waals surface area (Å²) >= 11 is 0. The molecule has 0 radical (unpaired) electrons. The number of aryl methyl sites for hydroxylation is 2. The standard InChI is InChI=1S/C22H29N3O3/c1-15-11-19(12-16(2)23-15)28-14-18-5-4-8-25(13-18)17(3)20-6-7-21-22(24-20)27-10-9-26-21/h6-7,11-12,17-18H,4-5,8-10,13-14H2,1-3H3/t17?,18-/m0/s1. The number of piperidine rings is 1. The number of aromatic nitrogens is 2. The first-order valence-corrected chi connectivity index (χ1v) is 10.2. The molecule has 0 amide bonds. The first-order valence-electron chi connectivity index (χ1n) is 10.2. The van der Waals surface area contributed by atoms with Gasteiger partial charge in [-0.3, -0.25) is 9.88 Å². The molecular formula is C22H29N3O3. The molecule has 6 heteroatoms. The van der Waals surface area contributed by atoms with Crippen LogP contribution in [0.5, 0.6) is 17.4 Å². The molecule has 1 fully saturated rings. The highest BCUT2D eigenvalue weighted by atomic mass is 16.6. The van der Waals surface area contributed by atoms with Crippen molar-refractivity contribution >= 4 is 0 Å². The Morgan fingerprint density at radius 2 is 1.93 bits per heavy atom. The SMILES string of the molecule is Cc1cc(OC[C@H]2CCCN(C(C)c3ccc4c(n3)OCCO4)C2)cc(C)n1. The van der Waals surface area contributed by atoms with Gasteiger partial charge < -0.3 is 14.2 Å². The van der Waals surface area contributed by atoms with Gasteiger partial charge in [0.05, 0.1) is 12.3 Å². The van der Waals surface area contributed by atoms with Gasteiger partial charge in [-0.15, -0.1) is 0 Å². The van der Waals surface area contributed by atoms with E-state index in [-0.39, 0.29) is 6.04 Å². The minimum absolute atomic E-state index is 0.240. The van der Waals surface area contributed by atoms with Crippen LogP contribution in [0.3, 0.4) is 0 Å². The highest BCUT2D eigenvalue weighted by molar-refractivity contribution is 5.36. The Bertz CT molecular complexity index is 806. The zero-order valence-corrected chi connectivity index (χ0v) is 17.0. The molecule has 4 rings (SSSR count). The number of ether oxygens (including phenoxy) is 3. The third-order valence-electron chi connectivity index (χ3n) is 5.49. The Hall–Kier alpha value is -2.34. The lowest BCUT2D eigenvalue weighted by Gasteiger charge is -2.36. The summed E-state index contributed by atoms with van der Waals surface area (Å²) in [7, 11) is 0. The second kappa shape index (κ2) is 8.35. The van der Waals surface area contributed by atoms with Crippen molar-refractivity contribution in [2.24, 2.45) is 5.92 Å². The predicted molar refractivity (Wildman–Crippen MR) is 107 cm³/mol. The number of hydrogen-bond donors (Lipinski definition) is 0. The summed E-state index contributed by atoms with van der Waals surface area (Å²) in [5.41, 5.74) is 3.03. The first-order chi connectivity index (χ1) is 13.6. The maximum absolute atomic E-state index is 6.10. The Kier molecular flexibility index (Phi) is 5.67. The number of rotatable bonds is 5. The summed E-state index contributed by atoms with van der Waals surface area (Å²) in [6.45, 7) is 10.2. The summed E-state index contributed by atoms with van der Waals surface area (Å²) in [4.78, 5) is 11.6. The van der Waals surface area contributed by atoms with Gasteiger partial charge in [-0.1, -0.05) is 0 Å². The molecule has 2 aromatic rings. The van der Waals surface area contributed by atoms with Gasteiger partial charge in [0.25, 0.3) is 5.88 Å². The number of pyridine rings is 2. The van der Waals surface area contributed by atoms with Gasteiger partial charge in [-0.25, -0.2) is 4.98 Å². The molecule has 0 N–H and O–H groups in total. The largest absolute Gasteiger partial charge is 0.493 e. The van der Waals surface area contributed by atoms with Crippen molar-refractivity contribution in [1.29, 1.82) is 0 Å². The molecule has 4 heterocycles. The van der Waals surface area contributed by atoms with E-state index in [1.54, 1.807) is 0 Å². The molecule has 1 saturated heterocycles. The molecule has 1 unspecified atom stereocenters. The minimum atomic E-state index is 0.240. The van der Waals surface area contributed by atoms with Crippen molar-refractivity contribution in [1.82, 2.24) is 14.9 Å². The molecule has 0 saturated carbocycles. The quantitative estimate of drug-likeness (QED) is 0.784. The molecule has 150 valence electrons. The monoisotopic (exact) mass is 383 g/mol. The first kappa shape index (κ1) is 19.0. The molecule has 28 heavy (non-hydrogen) atoms. The lowest BCUT2D eigenvalue weighted by molar-refractivity contribution is 0.0981. The molecule has 2 aromatic heterocycles.